The van der Waals surface area contributed by atoms with Crippen LogP contribution < -0.4 is 4.74 Å². The van der Waals surface area contributed by atoms with Crippen molar-refractivity contribution >= 4 is 11.0 Å². The van der Waals surface area contributed by atoms with Crippen molar-refractivity contribution in [1.82, 2.24) is 9.55 Å². The number of aryl methyl sites for hydroxylation is 2. The molecule has 1 N–H and O–H groups in total. The third-order valence-corrected chi connectivity index (χ3v) is 4.60. The minimum Gasteiger partial charge on any atom is -0.491 e. The van der Waals surface area contributed by atoms with Crippen molar-refractivity contribution in [2.24, 2.45) is 0 Å². The number of aliphatic hydroxyl groups is 1. The van der Waals surface area contributed by atoms with E-state index in [0.29, 0.717) is 6.54 Å². The highest BCUT2D eigenvalue weighted by atomic mass is 16.5. The molecule has 5 nitrogen and oxygen atoms in total. The van der Waals surface area contributed by atoms with Gasteiger partial charge in [0, 0.05) is 0 Å². The lowest BCUT2D eigenvalue weighted by Gasteiger charge is -2.16. The Kier molecular flexibility index (Phi) is 4.69. The topological polar surface area (TPSA) is 60.4 Å². The summed E-state index contributed by atoms with van der Waals surface area (Å²) in [7, 11) is 0. The van der Waals surface area contributed by atoms with Crippen molar-refractivity contribution in [1.29, 1.82) is 0 Å². The first-order chi connectivity index (χ1) is 13.1. The Morgan fingerprint density at radius 3 is 2.81 bits per heavy atom. The van der Waals surface area contributed by atoms with Gasteiger partial charge in [-0.05, 0) is 49.2 Å². The van der Waals surface area contributed by atoms with Crippen LogP contribution in [0.15, 0.2) is 65.5 Å². The van der Waals surface area contributed by atoms with E-state index in [4.69, 9.17) is 14.1 Å². The van der Waals surface area contributed by atoms with Crippen molar-refractivity contribution in [2.75, 3.05) is 6.61 Å². The molecule has 2 aromatic heterocycles. The van der Waals surface area contributed by atoms with Crippen LogP contribution in [0.25, 0.3) is 22.4 Å². The number of fused-ring (bicyclic) bond motifs is 1. The Labute approximate surface area is 157 Å². The molecule has 0 saturated heterocycles. The van der Waals surface area contributed by atoms with Crippen LogP contribution in [0, 0.1) is 13.8 Å². The minimum atomic E-state index is -0.673. The molecule has 4 rings (SSSR count). The van der Waals surface area contributed by atoms with Gasteiger partial charge >= 0.3 is 0 Å². The van der Waals surface area contributed by atoms with Crippen molar-refractivity contribution in [2.45, 2.75) is 26.5 Å². The van der Waals surface area contributed by atoms with Gasteiger partial charge in [0.25, 0.3) is 0 Å². The maximum atomic E-state index is 10.6. The molecular weight excluding hydrogens is 340 g/mol. The third-order valence-electron chi connectivity index (χ3n) is 4.60. The molecule has 27 heavy (non-hydrogen) atoms. The number of aliphatic hydroxyl groups excluding tert-OH is 1. The van der Waals surface area contributed by atoms with Gasteiger partial charge in [-0.15, -0.1) is 0 Å². The van der Waals surface area contributed by atoms with E-state index in [9.17, 15) is 5.11 Å². The molecule has 0 spiro atoms. The average Bonchev–Trinajstić information content (AvgIpc) is 3.31. The van der Waals surface area contributed by atoms with Crippen molar-refractivity contribution < 1.29 is 14.3 Å². The highest BCUT2D eigenvalue weighted by Gasteiger charge is 2.17. The van der Waals surface area contributed by atoms with Gasteiger partial charge in [-0.25, -0.2) is 4.98 Å². The molecule has 2 aromatic carbocycles. The Balaban J connectivity index is 1.57. The third kappa shape index (κ3) is 3.59. The molecule has 2 heterocycles. The number of furan rings is 1. The van der Waals surface area contributed by atoms with Crippen LogP contribution in [0.4, 0.5) is 0 Å². The molecule has 4 aromatic rings. The number of ether oxygens (including phenoxy) is 1. The fraction of sp³-hybridized carbons (Fsp3) is 0.227. The number of nitrogens with zero attached hydrogens (tertiary/aromatic N) is 2. The summed E-state index contributed by atoms with van der Waals surface area (Å²) in [6.07, 6.45) is 2.61. The largest absolute Gasteiger partial charge is 0.491 e. The summed E-state index contributed by atoms with van der Waals surface area (Å²) in [5, 5.41) is 10.6. The predicted molar refractivity (Wildman–Crippen MR) is 105 cm³/mol. The summed E-state index contributed by atoms with van der Waals surface area (Å²) in [6, 6.07) is 15.8. The molecule has 138 valence electrons. The monoisotopic (exact) mass is 362 g/mol. The van der Waals surface area contributed by atoms with Crippen LogP contribution in [0.3, 0.4) is 0 Å². The molecule has 5 heteroatoms. The summed E-state index contributed by atoms with van der Waals surface area (Å²) >= 11 is 0. The Morgan fingerprint density at radius 2 is 2.00 bits per heavy atom. The zero-order valence-electron chi connectivity index (χ0n) is 15.4. The molecule has 0 amide bonds. The first kappa shape index (κ1) is 17.4. The molecule has 0 saturated carbocycles. The minimum absolute atomic E-state index is 0.210. The first-order valence-corrected chi connectivity index (χ1v) is 8.98. The highest BCUT2D eigenvalue weighted by Crippen LogP contribution is 2.26. The van der Waals surface area contributed by atoms with E-state index in [0.717, 1.165) is 39.3 Å². The highest BCUT2D eigenvalue weighted by molar-refractivity contribution is 5.80. The summed E-state index contributed by atoms with van der Waals surface area (Å²) in [4.78, 5) is 4.70. The van der Waals surface area contributed by atoms with Gasteiger partial charge < -0.3 is 18.8 Å². The quantitative estimate of drug-likeness (QED) is 0.554. The lowest BCUT2D eigenvalue weighted by molar-refractivity contribution is 0.0934. The fourth-order valence-corrected chi connectivity index (χ4v) is 3.18. The van der Waals surface area contributed by atoms with Gasteiger partial charge in [0.15, 0.2) is 0 Å². The van der Waals surface area contributed by atoms with Gasteiger partial charge in [0.2, 0.25) is 0 Å². The second-order valence-electron chi connectivity index (χ2n) is 6.78. The number of aromatic nitrogens is 2. The van der Waals surface area contributed by atoms with Crippen LogP contribution in [-0.4, -0.2) is 27.4 Å². The van der Waals surface area contributed by atoms with Crippen LogP contribution >= 0.6 is 0 Å². The van der Waals surface area contributed by atoms with E-state index in [1.165, 1.54) is 0 Å². The van der Waals surface area contributed by atoms with Gasteiger partial charge in [-0.2, -0.15) is 0 Å². The molecule has 0 unspecified atom stereocenters. The molecule has 0 radical (unpaired) electrons. The van der Waals surface area contributed by atoms with Crippen molar-refractivity contribution in [3.63, 3.8) is 0 Å². The Hall–Kier alpha value is -3.05. The zero-order chi connectivity index (χ0) is 18.8. The van der Waals surface area contributed by atoms with Gasteiger partial charge in [0.1, 0.15) is 30.5 Å². The maximum absolute atomic E-state index is 10.6. The van der Waals surface area contributed by atoms with E-state index in [-0.39, 0.29) is 6.61 Å². The lowest BCUT2D eigenvalue weighted by Crippen LogP contribution is -2.24. The number of benzene rings is 2. The number of rotatable bonds is 6. The summed E-state index contributed by atoms with van der Waals surface area (Å²) < 4.78 is 13.1. The van der Waals surface area contributed by atoms with Crippen LogP contribution in [0.2, 0.25) is 0 Å². The van der Waals surface area contributed by atoms with Crippen molar-refractivity contribution in [3.8, 4) is 17.1 Å². The first-order valence-electron chi connectivity index (χ1n) is 8.98. The predicted octanol–water partition coefficient (Wildman–Crippen LogP) is 4.35. The number of hydrogen-bond donors (Lipinski definition) is 1. The summed E-state index contributed by atoms with van der Waals surface area (Å²) in [5.74, 6) is 1.58. The maximum Gasteiger partial charge on any atom is 0.144 e. The second kappa shape index (κ2) is 7.29. The zero-order valence-corrected chi connectivity index (χ0v) is 15.4. The molecular formula is C22H22N2O3. The standard InChI is InChI=1S/C22H22N2O3/c1-15-7-8-16(2)21(11-15)27-14-18(25)12-24-20-6-4-3-5-19(20)23-22(24)17-9-10-26-13-17/h3-11,13,18,25H,12,14H2,1-2H3/t18-/m1/s1. The van der Waals surface area contributed by atoms with Crippen LogP contribution in [0.5, 0.6) is 5.75 Å². The molecule has 0 aliphatic heterocycles. The molecule has 0 bridgehead atoms. The van der Waals surface area contributed by atoms with Crippen LogP contribution in [-0.2, 0) is 6.54 Å². The van der Waals surface area contributed by atoms with E-state index in [2.05, 4.69) is 0 Å². The Bertz CT molecular complexity index is 1050. The van der Waals surface area contributed by atoms with E-state index < -0.39 is 6.10 Å². The number of hydrogen-bond acceptors (Lipinski definition) is 4. The Morgan fingerprint density at radius 1 is 1.15 bits per heavy atom. The average molecular weight is 362 g/mol. The van der Waals surface area contributed by atoms with Gasteiger partial charge in [0.05, 0.1) is 29.4 Å². The second-order valence-corrected chi connectivity index (χ2v) is 6.78. The summed E-state index contributed by atoms with van der Waals surface area (Å²) in [6.45, 7) is 4.62. The van der Waals surface area contributed by atoms with E-state index in [1.807, 2.05) is 66.9 Å². The number of imidazole rings is 1. The van der Waals surface area contributed by atoms with E-state index >= 15 is 0 Å². The molecule has 1 atom stereocenters. The van der Waals surface area contributed by atoms with Crippen LogP contribution in [0.1, 0.15) is 11.1 Å². The number of para-hydroxylation sites is 2. The summed E-state index contributed by atoms with van der Waals surface area (Å²) in [5.41, 5.74) is 4.93. The van der Waals surface area contributed by atoms with Gasteiger partial charge in [-0.1, -0.05) is 24.3 Å². The molecule has 0 aliphatic rings. The smallest absolute Gasteiger partial charge is 0.144 e. The normalized spacial score (nSPS) is 12.4. The lowest BCUT2D eigenvalue weighted by atomic mass is 10.1. The SMILES string of the molecule is Cc1ccc(C)c(OC[C@H](O)Cn2c(-c3ccoc3)nc3ccccc32)c1. The van der Waals surface area contributed by atoms with Crippen molar-refractivity contribution in [3.05, 3.63) is 72.2 Å². The molecule has 0 aliphatic carbocycles. The fourth-order valence-electron chi connectivity index (χ4n) is 3.18. The van der Waals surface area contributed by atoms with Gasteiger partial charge in [-0.3, -0.25) is 0 Å². The van der Waals surface area contributed by atoms with E-state index in [1.54, 1.807) is 12.5 Å². The molecule has 0 fully saturated rings.